The molecule has 0 radical (unpaired) electrons. The summed E-state index contributed by atoms with van der Waals surface area (Å²) in [4.78, 5) is 38.3. The Morgan fingerprint density at radius 3 is 0.813 bits per heavy atom. The van der Waals surface area contributed by atoms with Crippen LogP contribution in [0.3, 0.4) is 0 Å². The minimum Gasteiger partial charge on any atom is -0.462 e. The van der Waals surface area contributed by atoms with Crippen LogP contribution in [0.15, 0.2) is 60.8 Å². The summed E-state index contributed by atoms with van der Waals surface area (Å²) in [5.41, 5.74) is 0. The number of esters is 3. The number of hydrogen-bond acceptors (Lipinski definition) is 6. The molecule has 0 N–H and O–H groups in total. The molecule has 0 bridgehead atoms. The first kappa shape index (κ1) is 72.1. The summed E-state index contributed by atoms with van der Waals surface area (Å²) >= 11 is 0. The first-order valence-corrected chi connectivity index (χ1v) is 32.8. The fourth-order valence-corrected chi connectivity index (χ4v) is 9.65. The number of unbranched alkanes of at least 4 members (excludes halogenated alkanes) is 39. The number of ether oxygens (including phenoxy) is 3. The molecular weight excluding hydrogens is 925 g/mol. The summed E-state index contributed by atoms with van der Waals surface area (Å²) in [5, 5.41) is 0. The second-order valence-electron chi connectivity index (χ2n) is 22.0. The molecule has 0 amide bonds. The standard InChI is InChI=1S/C69H124O6/c1-4-7-10-13-16-19-22-24-26-28-29-30-31-32-33-34-35-36-37-38-39-41-42-44-47-50-53-56-59-62-68(71)74-65-66(64-73-67(70)61-58-55-52-49-46-21-18-15-12-9-6-3)75-69(72)63-60-57-54-51-48-45-43-40-27-25-23-20-17-14-11-8-5-2/h7,10,16,19,24,26,29-30,32-33,66H,4-6,8-9,11-15,17-18,20-23,25,27-28,31,34-65H2,1-3H3/b10-7-,19-16-,26-24-,30-29-,33-32-. The van der Waals surface area contributed by atoms with E-state index in [4.69, 9.17) is 14.2 Å². The molecule has 0 spiro atoms. The van der Waals surface area contributed by atoms with Gasteiger partial charge in [0.25, 0.3) is 0 Å². The molecule has 0 aromatic heterocycles. The van der Waals surface area contributed by atoms with Crippen molar-refractivity contribution in [2.75, 3.05) is 13.2 Å². The molecule has 0 fully saturated rings. The second-order valence-corrected chi connectivity index (χ2v) is 22.0. The fraction of sp³-hybridized carbons (Fsp3) is 0.812. The van der Waals surface area contributed by atoms with Crippen molar-refractivity contribution in [2.45, 2.75) is 348 Å². The van der Waals surface area contributed by atoms with Gasteiger partial charge in [-0.1, -0.05) is 319 Å². The minimum atomic E-state index is -0.770. The Kier molecular flexibility index (Phi) is 61.2. The van der Waals surface area contributed by atoms with Gasteiger partial charge in [-0.3, -0.25) is 14.4 Å². The zero-order valence-electron chi connectivity index (χ0n) is 50.1. The third-order valence-corrected chi connectivity index (χ3v) is 14.5. The molecule has 75 heavy (non-hydrogen) atoms. The molecule has 6 heteroatoms. The number of allylic oxidation sites excluding steroid dienone is 10. The van der Waals surface area contributed by atoms with Gasteiger partial charge in [0.1, 0.15) is 13.2 Å². The Morgan fingerprint density at radius 2 is 0.520 bits per heavy atom. The van der Waals surface area contributed by atoms with Crippen molar-refractivity contribution in [3.63, 3.8) is 0 Å². The van der Waals surface area contributed by atoms with Crippen molar-refractivity contribution in [3.8, 4) is 0 Å². The van der Waals surface area contributed by atoms with Gasteiger partial charge in [0.2, 0.25) is 0 Å². The average molecular weight is 1050 g/mol. The highest BCUT2D eigenvalue weighted by Gasteiger charge is 2.19. The number of rotatable bonds is 60. The van der Waals surface area contributed by atoms with E-state index in [2.05, 4.69) is 81.5 Å². The lowest BCUT2D eigenvalue weighted by atomic mass is 10.0. The van der Waals surface area contributed by atoms with Gasteiger partial charge in [-0.2, -0.15) is 0 Å². The van der Waals surface area contributed by atoms with Gasteiger partial charge < -0.3 is 14.2 Å². The van der Waals surface area contributed by atoms with E-state index in [9.17, 15) is 14.4 Å². The third-order valence-electron chi connectivity index (χ3n) is 14.5. The molecular formula is C69H124O6. The Hall–Kier alpha value is -2.89. The van der Waals surface area contributed by atoms with E-state index in [1.54, 1.807) is 0 Å². The molecule has 1 unspecified atom stereocenters. The Labute approximate surface area is 466 Å². The molecule has 0 aliphatic heterocycles. The van der Waals surface area contributed by atoms with Crippen LogP contribution in [0.2, 0.25) is 0 Å². The van der Waals surface area contributed by atoms with Crippen LogP contribution in [0, 0.1) is 0 Å². The van der Waals surface area contributed by atoms with Gasteiger partial charge in [0.05, 0.1) is 0 Å². The predicted molar refractivity (Wildman–Crippen MR) is 325 cm³/mol. The average Bonchev–Trinajstić information content (AvgIpc) is 3.41. The first-order valence-electron chi connectivity index (χ1n) is 32.8. The Bertz CT molecular complexity index is 1340. The van der Waals surface area contributed by atoms with Gasteiger partial charge in [-0.05, 0) is 64.2 Å². The minimum absolute atomic E-state index is 0.0681. The van der Waals surface area contributed by atoms with E-state index < -0.39 is 6.10 Å². The molecule has 0 aromatic carbocycles. The van der Waals surface area contributed by atoms with E-state index in [-0.39, 0.29) is 31.1 Å². The van der Waals surface area contributed by atoms with E-state index in [1.807, 2.05) is 0 Å². The van der Waals surface area contributed by atoms with E-state index in [0.717, 1.165) is 89.9 Å². The maximum absolute atomic E-state index is 12.9. The van der Waals surface area contributed by atoms with Crippen LogP contribution in [-0.4, -0.2) is 37.2 Å². The molecule has 436 valence electrons. The quantitative estimate of drug-likeness (QED) is 0.0261. The van der Waals surface area contributed by atoms with Crippen LogP contribution in [0.1, 0.15) is 342 Å². The number of hydrogen-bond donors (Lipinski definition) is 0. The highest BCUT2D eigenvalue weighted by molar-refractivity contribution is 5.71. The molecule has 0 aliphatic carbocycles. The van der Waals surface area contributed by atoms with Gasteiger partial charge >= 0.3 is 17.9 Å². The van der Waals surface area contributed by atoms with Crippen molar-refractivity contribution < 1.29 is 28.6 Å². The predicted octanol–water partition coefficient (Wildman–Crippen LogP) is 22.3. The topological polar surface area (TPSA) is 78.9 Å². The monoisotopic (exact) mass is 1050 g/mol. The van der Waals surface area contributed by atoms with Crippen LogP contribution < -0.4 is 0 Å². The van der Waals surface area contributed by atoms with Crippen molar-refractivity contribution in [1.29, 1.82) is 0 Å². The SMILES string of the molecule is CC/C=C\C/C=C\C/C=C\C/C=C\C/C=C\CCCCCCCCCCCCCCCC(=O)OCC(COC(=O)CCCCCCCCCCCCC)OC(=O)CCCCCCCCCCCCCCCCCCC. The summed E-state index contributed by atoms with van der Waals surface area (Å²) in [7, 11) is 0. The van der Waals surface area contributed by atoms with E-state index in [1.165, 1.54) is 212 Å². The zero-order chi connectivity index (χ0) is 54.3. The largest absolute Gasteiger partial charge is 0.462 e. The van der Waals surface area contributed by atoms with Crippen molar-refractivity contribution in [2.24, 2.45) is 0 Å². The molecule has 6 nitrogen and oxygen atoms in total. The Balaban J connectivity index is 4.18. The van der Waals surface area contributed by atoms with Crippen LogP contribution >= 0.6 is 0 Å². The lowest BCUT2D eigenvalue weighted by Gasteiger charge is -2.18. The summed E-state index contributed by atoms with van der Waals surface area (Å²) < 4.78 is 16.9. The van der Waals surface area contributed by atoms with Gasteiger partial charge in [-0.25, -0.2) is 0 Å². The number of carbonyl (C=O) groups excluding carboxylic acids is 3. The normalized spacial score (nSPS) is 12.4. The van der Waals surface area contributed by atoms with Gasteiger partial charge in [0, 0.05) is 19.3 Å². The molecule has 0 heterocycles. The first-order chi connectivity index (χ1) is 37.0. The second kappa shape index (κ2) is 63.6. The lowest BCUT2D eigenvalue weighted by molar-refractivity contribution is -0.167. The van der Waals surface area contributed by atoms with Crippen LogP contribution in [-0.2, 0) is 28.6 Å². The van der Waals surface area contributed by atoms with Crippen LogP contribution in [0.4, 0.5) is 0 Å². The summed E-state index contributed by atoms with van der Waals surface area (Å²) in [6, 6.07) is 0. The van der Waals surface area contributed by atoms with Crippen molar-refractivity contribution in [3.05, 3.63) is 60.8 Å². The van der Waals surface area contributed by atoms with E-state index >= 15 is 0 Å². The zero-order valence-corrected chi connectivity index (χ0v) is 50.1. The van der Waals surface area contributed by atoms with Crippen molar-refractivity contribution in [1.82, 2.24) is 0 Å². The lowest BCUT2D eigenvalue weighted by Crippen LogP contribution is -2.30. The van der Waals surface area contributed by atoms with E-state index in [0.29, 0.717) is 19.3 Å². The fourth-order valence-electron chi connectivity index (χ4n) is 9.65. The van der Waals surface area contributed by atoms with Crippen LogP contribution in [0.25, 0.3) is 0 Å². The third kappa shape index (κ3) is 61.8. The van der Waals surface area contributed by atoms with Crippen LogP contribution in [0.5, 0.6) is 0 Å². The highest BCUT2D eigenvalue weighted by atomic mass is 16.6. The molecule has 0 aliphatic rings. The summed E-state index contributed by atoms with van der Waals surface area (Å²) in [6.07, 6.45) is 80.9. The molecule has 0 saturated heterocycles. The summed E-state index contributed by atoms with van der Waals surface area (Å²) in [5.74, 6) is -0.848. The Morgan fingerprint density at radius 1 is 0.280 bits per heavy atom. The van der Waals surface area contributed by atoms with Gasteiger partial charge in [-0.15, -0.1) is 0 Å². The maximum atomic E-state index is 12.9. The van der Waals surface area contributed by atoms with Gasteiger partial charge in [0.15, 0.2) is 6.10 Å². The summed E-state index contributed by atoms with van der Waals surface area (Å²) in [6.45, 7) is 6.57. The molecule has 1 atom stereocenters. The molecule has 0 saturated carbocycles. The maximum Gasteiger partial charge on any atom is 0.306 e. The molecule has 0 aromatic rings. The smallest absolute Gasteiger partial charge is 0.306 e. The molecule has 0 rings (SSSR count). The number of carbonyl (C=O) groups is 3. The highest BCUT2D eigenvalue weighted by Crippen LogP contribution is 2.18. The van der Waals surface area contributed by atoms with Crippen molar-refractivity contribution >= 4 is 17.9 Å².